The van der Waals surface area contributed by atoms with Crippen LogP contribution in [0.15, 0.2) is 72.9 Å². The molecule has 4 heteroatoms. The summed E-state index contributed by atoms with van der Waals surface area (Å²) in [5.41, 5.74) is 2.14. The Morgan fingerprint density at radius 3 is 2.23 bits per heavy atom. The molecule has 0 aliphatic heterocycles. The minimum Gasteiger partial charge on any atom is -0.311 e. The van der Waals surface area contributed by atoms with Gasteiger partial charge in [-0.1, -0.05) is 60.7 Å². The van der Waals surface area contributed by atoms with Gasteiger partial charge in [0, 0.05) is 6.07 Å². The molecular formula is C18H17N3O. The van der Waals surface area contributed by atoms with Gasteiger partial charge in [-0.05, 0) is 11.1 Å². The van der Waals surface area contributed by atoms with Gasteiger partial charge < -0.3 is 5.32 Å². The fourth-order valence-corrected chi connectivity index (χ4v) is 2.29. The third-order valence-electron chi connectivity index (χ3n) is 3.37. The lowest BCUT2D eigenvalue weighted by Gasteiger charge is -2.09. The summed E-state index contributed by atoms with van der Waals surface area (Å²) >= 11 is 0. The summed E-state index contributed by atoms with van der Waals surface area (Å²) in [4.78, 5) is 12.1. The van der Waals surface area contributed by atoms with Crippen molar-refractivity contribution in [2.75, 3.05) is 5.32 Å². The van der Waals surface area contributed by atoms with E-state index in [0.29, 0.717) is 18.8 Å². The zero-order valence-electron chi connectivity index (χ0n) is 12.1. The average Bonchev–Trinajstić information content (AvgIpc) is 2.96. The molecule has 0 saturated carbocycles. The number of hydrogen-bond acceptors (Lipinski definition) is 2. The van der Waals surface area contributed by atoms with Crippen LogP contribution in [0.2, 0.25) is 0 Å². The summed E-state index contributed by atoms with van der Waals surface area (Å²) in [6, 6.07) is 21.6. The van der Waals surface area contributed by atoms with Crippen molar-refractivity contribution in [3.8, 4) is 0 Å². The van der Waals surface area contributed by atoms with E-state index in [9.17, 15) is 4.79 Å². The van der Waals surface area contributed by atoms with Gasteiger partial charge in [-0.25, -0.2) is 4.68 Å². The van der Waals surface area contributed by atoms with E-state index < -0.39 is 0 Å². The summed E-state index contributed by atoms with van der Waals surface area (Å²) in [7, 11) is 0. The van der Waals surface area contributed by atoms with Gasteiger partial charge in [0.15, 0.2) is 0 Å². The number of rotatable bonds is 5. The Morgan fingerprint density at radius 2 is 1.55 bits per heavy atom. The van der Waals surface area contributed by atoms with E-state index in [1.54, 1.807) is 10.9 Å². The highest BCUT2D eigenvalue weighted by molar-refractivity contribution is 5.91. The standard InChI is InChI=1S/C18H17N3O/c22-18(13-15-7-3-1-4-8-15)20-17-11-12-19-21(17)14-16-9-5-2-6-10-16/h1-12H,13-14H2,(H,20,22). The van der Waals surface area contributed by atoms with Crippen LogP contribution in [0.4, 0.5) is 5.82 Å². The van der Waals surface area contributed by atoms with Crippen LogP contribution in [0.5, 0.6) is 0 Å². The van der Waals surface area contributed by atoms with Crippen molar-refractivity contribution in [2.45, 2.75) is 13.0 Å². The van der Waals surface area contributed by atoms with E-state index in [4.69, 9.17) is 0 Å². The molecule has 22 heavy (non-hydrogen) atoms. The van der Waals surface area contributed by atoms with Crippen molar-refractivity contribution in [3.05, 3.63) is 84.1 Å². The molecule has 0 radical (unpaired) electrons. The summed E-state index contributed by atoms with van der Waals surface area (Å²) < 4.78 is 1.79. The number of aromatic nitrogens is 2. The maximum absolute atomic E-state index is 12.1. The SMILES string of the molecule is O=C(Cc1ccccc1)Nc1ccnn1Cc1ccccc1. The number of hydrogen-bond donors (Lipinski definition) is 1. The number of benzene rings is 2. The minimum atomic E-state index is -0.0407. The molecule has 0 bridgehead atoms. The Morgan fingerprint density at radius 1 is 0.909 bits per heavy atom. The molecule has 1 N–H and O–H groups in total. The largest absolute Gasteiger partial charge is 0.311 e. The monoisotopic (exact) mass is 291 g/mol. The third-order valence-corrected chi connectivity index (χ3v) is 3.37. The first-order chi connectivity index (χ1) is 10.8. The topological polar surface area (TPSA) is 46.9 Å². The number of amides is 1. The van der Waals surface area contributed by atoms with Crippen LogP contribution in [0.25, 0.3) is 0 Å². The fraction of sp³-hybridized carbons (Fsp3) is 0.111. The molecule has 4 nitrogen and oxygen atoms in total. The van der Waals surface area contributed by atoms with Gasteiger partial charge in [0.25, 0.3) is 0 Å². The number of anilines is 1. The zero-order valence-corrected chi connectivity index (χ0v) is 12.1. The van der Waals surface area contributed by atoms with Crippen LogP contribution in [-0.4, -0.2) is 15.7 Å². The summed E-state index contributed by atoms with van der Waals surface area (Å²) in [6.07, 6.45) is 2.05. The molecule has 0 atom stereocenters. The van der Waals surface area contributed by atoms with Gasteiger partial charge in [-0.3, -0.25) is 4.79 Å². The molecule has 0 unspecified atom stereocenters. The molecule has 1 heterocycles. The lowest BCUT2D eigenvalue weighted by molar-refractivity contribution is -0.115. The van der Waals surface area contributed by atoms with Crippen molar-refractivity contribution < 1.29 is 4.79 Å². The molecular weight excluding hydrogens is 274 g/mol. The fourth-order valence-electron chi connectivity index (χ4n) is 2.29. The summed E-state index contributed by atoms with van der Waals surface area (Å²) in [5, 5.41) is 7.19. The van der Waals surface area contributed by atoms with Crippen molar-refractivity contribution >= 4 is 11.7 Å². The smallest absolute Gasteiger partial charge is 0.229 e. The summed E-state index contributed by atoms with van der Waals surface area (Å²) in [6.45, 7) is 0.634. The molecule has 2 aromatic carbocycles. The van der Waals surface area contributed by atoms with E-state index in [1.165, 1.54) is 0 Å². The Hall–Kier alpha value is -2.88. The quantitative estimate of drug-likeness (QED) is 0.785. The second-order valence-electron chi connectivity index (χ2n) is 5.07. The van der Waals surface area contributed by atoms with Crippen LogP contribution >= 0.6 is 0 Å². The van der Waals surface area contributed by atoms with Crippen molar-refractivity contribution in [1.82, 2.24) is 9.78 Å². The van der Waals surface area contributed by atoms with Gasteiger partial charge in [-0.2, -0.15) is 5.10 Å². The van der Waals surface area contributed by atoms with Gasteiger partial charge >= 0.3 is 0 Å². The highest BCUT2D eigenvalue weighted by atomic mass is 16.1. The number of carbonyl (C=O) groups excluding carboxylic acids is 1. The predicted octanol–water partition coefficient (Wildman–Crippen LogP) is 3.11. The molecule has 1 amide bonds. The highest BCUT2D eigenvalue weighted by Gasteiger charge is 2.08. The first kappa shape index (κ1) is 14.1. The van der Waals surface area contributed by atoms with Gasteiger partial charge in [0.05, 0.1) is 19.2 Å². The second-order valence-corrected chi connectivity index (χ2v) is 5.07. The van der Waals surface area contributed by atoms with Gasteiger partial charge in [0.2, 0.25) is 5.91 Å². The Kier molecular flexibility index (Phi) is 4.30. The summed E-state index contributed by atoms with van der Waals surface area (Å²) in [5.74, 6) is 0.672. The normalized spacial score (nSPS) is 10.4. The minimum absolute atomic E-state index is 0.0407. The molecule has 0 saturated heterocycles. The zero-order chi connectivity index (χ0) is 15.2. The van der Waals surface area contributed by atoms with Crippen LogP contribution in [0.3, 0.4) is 0 Å². The van der Waals surface area contributed by atoms with Gasteiger partial charge in [0.1, 0.15) is 5.82 Å². The number of nitrogens with one attached hydrogen (secondary N) is 1. The molecule has 0 aliphatic carbocycles. The highest BCUT2D eigenvalue weighted by Crippen LogP contribution is 2.11. The first-order valence-corrected chi connectivity index (χ1v) is 7.21. The van der Waals surface area contributed by atoms with Crippen LogP contribution in [0.1, 0.15) is 11.1 Å². The van der Waals surface area contributed by atoms with Crippen molar-refractivity contribution in [1.29, 1.82) is 0 Å². The Bertz CT molecular complexity index is 735. The molecule has 0 spiro atoms. The first-order valence-electron chi connectivity index (χ1n) is 7.21. The molecule has 110 valence electrons. The molecule has 0 fully saturated rings. The van der Waals surface area contributed by atoms with Crippen molar-refractivity contribution in [2.24, 2.45) is 0 Å². The molecule has 0 aliphatic rings. The van der Waals surface area contributed by atoms with Gasteiger partial charge in [-0.15, -0.1) is 0 Å². The van der Waals surface area contributed by atoms with E-state index in [-0.39, 0.29) is 5.91 Å². The number of nitrogens with zero attached hydrogens (tertiary/aromatic N) is 2. The lowest BCUT2D eigenvalue weighted by Crippen LogP contribution is -2.18. The van der Waals surface area contributed by atoms with Crippen LogP contribution < -0.4 is 5.32 Å². The van der Waals surface area contributed by atoms with E-state index in [1.807, 2.05) is 66.7 Å². The van der Waals surface area contributed by atoms with E-state index in [2.05, 4.69) is 10.4 Å². The average molecular weight is 291 g/mol. The van der Waals surface area contributed by atoms with Crippen molar-refractivity contribution in [3.63, 3.8) is 0 Å². The second kappa shape index (κ2) is 6.72. The lowest BCUT2D eigenvalue weighted by atomic mass is 10.1. The molecule has 1 aromatic heterocycles. The van der Waals surface area contributed by atoms with Crippen LogP contribution in [0, 0.1) is 0 Å². The van der Waals surface area contributed by atoms with Crippen LogP contribution in [-0.2, 0) is 17.8 Å². The third kappa shape index (κ3) is 3.61. The molecule has 3 rings (SSSR count). The number of carbonyl (C=O) groups is 1. The Labute approximate surface area is 129 Å². The Balaban J connectivity index is 1.66. The maximum atomic E-state index is 12.1. The van der Waals surface area contributed by atoms with E-state index >= 15 is 0 Å². The maximum Gasteiger partial charge on any atom is 0.229 e. The van der Waals surface area contributed by atoms with E-state index in [0.717, 1.165) is 11.1 Å². The predicted molar refractivity (Wildman–Crippen MR) is 86.5 cm³/mol. The molecule has 3 aromatic rings.